The van der Waals surface area contributed by atoms with E-state index in [2.05, 4.69) is 29.6 Å². The number of likely N-dealkylation sites (N-methyl/N-ethyl adjacent to an activating group) is 1. The maximum atomic E-state index is 13.0. The number of hydrogen-bond donors (Lipinski definition) is 1. The Morgan fingerprint density at radius 2 is 1.91 bits per heavy atom. The molecule has 0 saturated carbocycles. The van der Waals surface area contributed by atoms with Gasteiger partial charge in [-0.3, -0.25) is 19.4 Å². The van der Waals surface area contributed by atoms with Crippen molar-refractivity contribution in [1.82, 2.24) is 25.1 Å². The second kappa shape index (κ2) is 12.5. The predicted octanol–water partition coefficient (Wildman–Crippen LogP) is 2.01. The number of nitrogens with zero attached hydrogens (tertiary/aromatic N) is 4. The van der Waals surface area contributed by atoms with E-state index in [1.54, 1.807) is 21.9 Å². The summed E-state index contributed by atoms with van der Waals surface area (Å²) in [5.41, 5.74) is 1.03. The molecule has 2 heterocycles. The average molecular weight is 468 g/mol. The highest BCUT2D eigenvalue weighted by molar-refractivity contribution is 5.90. The monoisotopic (exact) mass is 467 g/mol. The minimum absolute atomic E-state index is 0.0364. The minimum atomic E-state index is -0.504. The molecule has 2 unspecified atom stereocenters. The summed E-state index contributed by atoms with van der Waals surface area (Å²) in [5, 5.41) is 6.30. The molecule has 2 aliphatic heterocycles. The van der Waals surface area contributed by atoms with Crippen molar-refractivity contribution in [2.75, 3.05) is 33.7 Å². The number of nitrogens with one attached hydrogen (secondary N) is 1. The van der Waals surface area contributed by atoms with E-state index in [-0.39, 0.29) is 18.4 Å². The van der Waals surface area contributed by atoms with Crippen LogP contribution in [0.1, 0.15) is 31.7 Å². The second-order valence-corrected chi connectivity index (χ2v) is 8.96. The van der Waals surface area contributed by atoms with E-state index >= 15 is 0 Å². The Bertz CT molecular complexity index is 888. The van der Waals surface area contributed by atoms with Gasteiger partial charge in [-0.2, -0.15) is 0 Å². The van der Waals surface area contributed by atoms with Crippen molar-refractivity contribution in [2.24, 2.45) is 5.92 Å². The van der Waals surface area contributed by atoms with Gasteiger partial charge in [-0.1, -0.05) is 68.0 Å². The predicted molar refractivity (Wildman–Crippen MR) is 132 cm³/mol. The highest BCUT2D eigenvalue weighted by Gasteiger charge is 2.48. The zero-order valence-corrected chi connectivity index (χ0v) is 20.5. The van der Waals surface area contributed by atoms with Gasteiger partial charge < -0.3 is 15.1 Å². The van der Waals surface area contributed by atoms with E-state index in [4.69, 9.17) is 0 Å². The molecule has 34 heavy (non-hydrogen) atoms. The summed E-state index contributed by atoms with van der Waals surface area (Å²) in [7, 11) is 3.71. The van der Waals surface area contributed by atoms with E-state index in [9.17, 15) is 14.4 Å². The topological polar surface area (TPSA) is 76.2 Å². The molecule has 2 saturated heterocycles. The number of amides is 3. The van der Waals surface area contributed by atoms with Gasteiger partial charge in [0.1, 0.15) is 12.2 Å². The minimum Gasteiger partial charge on any atom is -0.333 e. The summed E-state index contributed by atoms with van der Waals surface area (Å²) in [6.45, 7) is 4.01. The maximum absolute atomic E-state index is 13.0. The molecule has 1 aromatic carbocycles. The molecule has 1 N–H and O–H groups in total. The number of piperazine rings is 1. The Kier molecular flexibility index (Phi) is 9.42. The number of fused-ring (bicyclic) bond motifs is 1. The third kappa shape index (κ3) is 6.12. The molecular formula is C26H37N5O3. The van der Waals surface area contributed by atoms with Crippen molar-refractivity contribution in [2.45, 2.75) is 44.9 Å². The largest absolute Gasteiger partial charge is 0.333 e. The molecule has 3 amide bonds. The lowest BCUT2D eigenvalue weighted by Gasteiger charge is -2.53. The summed E-state index contributed by atoms with van der Waals surface area (Å²) in [4.78, 5) is 40.5. The van der Waals surface area contributed by atoms with Crippen LogP contribution in [0.3, 0.4) is 0 Å². The summed E-state index contributed by atoms with van der Waals surface area (Å²) in [6, 6.07) is 9.26. The Labute approximate surface area is 202 Å². The highest BCUT2D eigenvalue weighted by Crippen LogP contribution is 2.27. The van der Waals surface area contributed by atoms with Crippen LogP contribution in [0.4, 0.5) is 0 Å². The molecule has 184 valence electrons. The number of carbonyl (C=O) groups is 3. The van der Waals surface area contributed by atoms with Crippen LogP contribution >= 0.6 is 0 Å². The van der Waals surface area contributed by atoms with Crippen LogP contribution in [0.2, 0.25) is 0 Å². The quantitative estimate of drug-likeness (QED) is 0.621. The molecule has 1 aliphatic carbocycles. The van der Waals surface area contributed by atoms with Gasteiger partial charge in [0.15, 0.2) is 0 Å². The fraction of sp³-hybridized carbons (Fsp3) is 0.500. The number of hydrazine groups is 1. The fourth-order valence-electron chi connectivity index (χ4n) is 4.73. The third-order valence-corrected chi connectivity index (χ3v) is 6.41. The average Bonchev–Trinajstić information content (AvgIpc) is 2.84. The highest BCUT2D eigenvalue weighted by atomic mass is 16.2. The Hall–Kier alpha value is -2.97. The van der Waals surface area contributed by atoms with Crippen molar-refractivity contribution in [1.29, 1.82) is 0 Å². The van der Waals surface area contributed by atoms with E-state index in [0.717, 1.165) is 30.9 Å². The molecule has 2 fully saturated rings. The van der Waals surface area contributed by atoms with Gasteiger partial charge in [-0.05, 0) is 31.4 Å². The molecular weight excluding hydrogens is 430 g/mol. The molecule has 1 aromatic rings. The molecule has 0 radical (unpaired) electrons. The second-order valence-electron chi connectivity index (χ2n) is 8.96. The van der Waals surface area contributed by atoms with E-state index in [0.29, 0.717) is 19.5 Å². The molecule has 8 nitrogen and oxygen atoms in total. The van der Waals surface area contributed by atoms with Crippen molar-refractivity contribution in [3.05, 3.63) is 60.2 Å². The normalized spacial score (nSPS) is 24.6. The summed E-state index contributed by atoms with van der Waals surface area (Å²) in [5.74, 6) is 0.586. The molecule has 3 aliphatic rings. The first kappa shape index (κ1) is 25.6. The Morgan fingerprint density at radius 1 is 1.15 bits per heavy atom. The SMILES string of the molecule is CCC[C@H]1C(=O)N(Cc2ccccc2)CC2N1C(=O)CN(C)N2C=O.CNCC1C=CC=CC1. The smallest absolute Gasteiger partial charge is 0.245 e. The number of carbonyl (C=O) groups excluding carboxylic acids is 3. The van der Waals surface area contributed by atoms with Crippen LogP contribution in [0.15, 0.2) is 54.6 Å². The summed E-state index contributed by atoms with van der Waals surface area (Å²) in [6.07, 6.45) is 11.6. The zero-order chi connectivity index (χ0) is 24.5. The first-order valence-corrected chi connectivity index (χ1v) is 12.1. The van der Waals surface area contributed by atoms with Gasteiger partial charge in [-0.25, -0.2) is 5.01 Å². The van der Waals surface area contributed by atoms with E-state index < -0.39 is 12.2 Å². The molecule has 0 spiro atoms. The summed E-state index contributed by atoms with van der Waals surface area (Å²) >= 11 is 0. The number of benzene rings is 1. The van der Waals surface area contributed by atoms with Gasteiger partial charge in [0, 0.05) is 20.1 Å². The molecule has 0 bridgehead atoms. The van der Waals surface area contributed by atoms with Crippen LogP contribution in [0.25, 0.3) is 0 Å². The molecule has 8 heteroatoms. The van der Waals surface area contributed by atoms with Crippen molar-refractivity contribution >= 4 is 18.2 Å². The fourth-order valence-corrected chi connectivity index (χ4v) is 4.73. The summed E-state index contributed by atoms with van der Waals surface area (Å²) < 4.78 is 0. The lowest BCUT2D eigenvalue weighted by atomic mass is 10.0. The molecule has 3 atom stereocenters. The number of rotatable bonds is 7. The van der Waals surface area contributed by atoms with Gasteiger partial charge in [0.25, 0.3) is 0 Å². The van der Waals surface area contributed by atoms with Crippen LogP contribution in [0, 0.1) is 5.92 Å². The zero-order valence-electron chi connectivity index (χ0n) is 20.5. The van der Waals surface area contributed by atoms with Crippen LogP contribution < -0.4 is 5.32 Å². The van der Waals surface area contributed by atoms with E-state index in [1.165, 1.54) is 11.4 Å². The standard InChI is InChI=1S/C18H24N4O3.C8H13N/c1-3-7-15-18(25)20(10-14-8-5-4-6-9-14)11-16-21(13-23)19(2)12-17(24)22(15)16;1-9-7-8-5-3-2-4-6-8/h4-6,8-9,13,15-16H,3,7,10-12H2,1-2H3;2-5,8-9H,6-7H2,1H3/t15-,16?;/m0./s1. The van der Waals surface area contributed by atoms with Gasteiger partial charge in [0.2, 0.25) is 18.2 Å². The Balaban J connectivity index is 0.000000302. The third-order valence-electron chi connectivity index (χ3n) is 6.41. The van der Waals surface area contributed by atoms with Gasteiger partial charge in [-0.15, -0.1) is 0 Å². The lowest BCUT2D eigenvalue weighted by molar-refractivity contribution is -0.197. The Morgan fingerprint density at radius 3 is 2.53 bits per heavy atom. The van der Waals surface area contributed by atoms with Crippen LogP contribution in [-0.2, 0) is 20.9 Å². The lowest BCUT2D eigenvalue weighted by Crippen LogP contribution is -2.73. The number of allylic oxidation sites excluding steroid dienone is 3. The van der Waals surface area contributed by atoms with Crippen LogP contribution in [-0.4, -0.2) is 84.0 Å². The van der Waals surface area contributed by atoms with Gasteiger partial charge >= 0.3 is 0 Å². The van der Waals surface area contributed by atoms with Crippen molar-refractivity contribution in [3.8, 4) is 0 Å². The maximum Gasteiger partial charge on any atom is 0.245 e. The first-order valence-electron chi connectivity index (χ1n) is 12.1. The number of hydrogen-bond acceptors (Lipinski definition) is 5. The van der Waals surface area contributed by atoms with Crippen molar-refractivity contribution in [3.63, 3.8) is 0 Å². The van der Waals surface area contributed by atoms with Crippen molar-refractivity contribution < 1.29 is 14.4 Å². The van der Waals surface area contributed by atoms with E-state index in [1.807, 2.05) is 44.3 Å². The molecule has 4 rings (SSSR count). The van der Waals surface area contributed by atoms with Gasteiger partial charge in [0.05, 0.1) is 13.1 Å². The van der Waals surface area contributed by atoms with Crippen LogP contribution in [0.5, 0.6) is 0 Å². The first-order chi connectivity index (χ1) is 16.5. The molecule has 0 aromatic heterocycles.